The second-order valence-electron chi connectivity index (χ2n) is 6.44. The largest absolute Gasteiger partial charge is 0.420 e. The van der Waals surface area contributed by atoms with Crippen LogP contribution in [-0.2, 0) is 11.4 Å². The Bertz CT molecular complexity index is 1180. The van der Waals surface area contributed by atoms with Gasteiger partial charge in [0.1, 0.15) is 6.61 Å². The van der Waals surface area contributed by atoms with Crippen LogP contribution in [0.3, 0.4) is 0 Å². The fraction of sp³-hybridized carbons (Fsp3) is 0.0455. The van der Waals surface area contributed by atoms with Crippen molar-refractivity contribution in [2.24, 2.45) is 0 Å². The first-order valence-corrected chi connectivity index (χ1v) is 11.3. The van der Waals surface area contributed by atoms with E-state index in [2.05, 4.69) is 47.8 Å². The van der Waals surface area contributed by atoms with Crippen molar-refractivity contribution in [3.8, 4) is 5.75 Å². The number of rotatable bonds is 5. The third kappa shape index (κ3) is 4.23. The molecule has 0 unspecified atom stereocenters. The summed E-state index contributed by atoms with van der Waals surface area (Å²) in [6.07, 6.45) is 0. The lowest BCUT2D eigenvalue weighted by Crippen LogP contribution is -2.29. The molecule has 1 aliphatic rings. The third-order valence-electron chi connectivity index (χ3n) is 4.52. The molecular weight excluding hydrogens is 598 g/mol. The molecule has 9 heteroatoms. The average molecular weight is 610 g/mol. The quantitative estimate of drug-likeness (QED) is 0.204. The van der Waals surface area contributed by atoms with Crippen LogP contribution in [0.1, 0.15) is 36.6 Å². The highest BCUT2D eigenvalue weighted by Crippen LogP contribution is 2.41. The number of carbonyl (C=O) groups excluding carboxylic acids is 3. The highest BCUT2D eigenvalue weighted by atomic mass is 79.9. The molecule has 0 saturated carbocycles. The van der Waals surface area contributed by atoms with Crippen LogP contribution in [0.2, 0.25) is 0 Å². The molecule has 0 radical (unpaired) electrons. The van der Waals surface area contributed by atoms with E-state index in [9.17, 15) is 14.4 Å². The standard InChI is InChI=1S/C22H12Br3NO5/c23-16-10-17(24)19(31-22(29)12-6-2-1-3-7-12)18(25)15(16)11-30-26-20(27)13-8-4-5-9-14(13)21(26)28/h1-10H,11H2. The zero-order valence-electron chi connectivity index (χ0n) is 15.6. The van der Waals surface area contributed by atoms with Gasteiger partial charge in [-0.1, -0.05) is 46.3 Å². The minimum absolute atomic E-state index is 0.129. The van der Waals surface area contributed by atoms with Crippen molar-refractivity contribution in [2.45, 2.75) is 6.61 Å². The van der Waals surface area contributed by atoms with Crippen molar-refractivity contribution >= 4 is 65.6 Å². The van der Waals surface area contributed by atoms with Gasteiger partial charge >= 0.3 is 5.97 Å². The van der Waals surface area contributed by atoms with E-state index >= 15 is 0 Å². The van der Waals surface area contributed by atoms with Gasteiger partial charge in [0, 0.05) is 10.0 Å². The second kappa shape index (κ2) is 9.04. The molecule has 4 rings (SSSR count). The van der Waals surface area contributed by atoms with Gasteiger partial charge in [-0.25, -0.2) is 4.79 Å². The van der Waals surface area contributed by atoms with E-state index in [1.54, 1.807) is 60.7 Å². The molecule has 0 saturated heterocycles. The molecule has 156 valence electrons. The number of benzene rings is 3. The van der Waals surface area contributed by atoms with Gasteiger partial charge in [-0.05, 0) is 62.2 Å². The summed E-state index contributed by atoms with van der Waals surface area (Å²) in [5.41, 5.74) is 1.53. The predicted octanol–water partition coefficient (Wildman–Crippen LogP) is 5.92. The first kappa shape index (κ1) is 21.9. The summed E-state index contributed by atoms with van der Waals surface area (Å²) in [6, 6.07) is 16.8. The number of imide groups is 1. The molecule has 0 aliphatic carbocycles. The molecule has 31 heavy (non-hydrogen) atoms. The van der Waals surface area contributed by atoms with Crippen LogP contribution in [0.15, 0.2) is 74.1 Å². The fourth-order valence-electron chi connectivity index (χ4n) is 2.98. The normalized spacial score (nSPS) is 12.8. The Labute approximate surface area is 202 Å². The number of hydroxylamine groups is 2. The molecule has 6 nitrogen and oxygen atoms in total. The van der Waals surface area contributed by atoms with Crippen molar-refractivity contribution in [1.82, 2.24) is 5.06 Å². The molecule has 0 N–H and O–H groups in total. The molecular formula is C22H12Br3NO5. The minimum Gasteiger partial charge on any atom is -0.420 e. The van der Waals surface area contributed by atoms with Gasteiger partial charge in [0.25, 0.3) is 11.8 Å². The van der Waals surface area contributed by atoms with Crippen LogP contribution in [0, 0.1) is 0 Å². The molecule has 1 aliphatic heterocycles. The first-order chi connectivity index (χ1) is 14.9. The molecule has 3 aromatic carbocycles. The van der Waals surface area contributed by atoms with Gasteiger partial charge in [0.15, 0.2) is 5.75 Å². The topological polar surface area (TPSA) is 72.9 Å². The molecule has 0 spiro atoms. The summed E-state index contributed by atoms with van der Waals surface area (Å²) in [6.45, 7) is -0.129. The average Bonchev–Trinajstić information content (AvgIpc) is 3.02. The Morgan fingerprint density at radius 1 is 0.839 bits per heavy atom. The SMILES string of the molecule is O=C(Oc1c(Br)cc(Br)c(CON2C(=O)c3ccccc3C2=O)c1Br)c1ccccc1. The molecule has 0 fully saturated rings. The van der Waals surface area contributed by atoms with Crippen molar-refractivity contribution in [1.29, 1.82) is 0 Å². The van der Waals surface area contributed by atoms with Gasteiger partial charge in [0.2, 0.25) is 0 Å². The van der Waals surface area contributed by atoms with E-state index in [1.165, 1.54) is 0 Å². The number of halogens is 3. The van der Waals surface area contributed by atoms with Crippen molar-refractivity contribution in [3.05, 3.63) is 96.3 Å². The second-order valence-corrected chi connectivity index (χ2v) is 8.94. The van der Waals surface area contributed by atoms with Crippen LogP contribution in [-0.4, -0.2) is 22.8 Å². The molecule has 3 aromatic rings. The maximum absolute atomic E-state index is 12.5. The zero-order valence-corrected chi connectivity index (χ0v) is 20.4. The Balaban J connectivity index is 1.57. The Morgan fingerprint density at radius 3 is 2.03 bits per heavy atom. The predicted molar refractivity (Wildman–Crippen MR) is 123 cm³/mol. The number of esters is 1. The van der Waals surface area contributed by atoms with Gasteiger partial charge in [-0.15, -0.1) is 5.06 Å². The summed E-state index contributed by atoms with van der Waals surface area (Å²) in [5.74, 6) is -1.34. The minimum atomic E-state index is -0.531. The van der Waals surface area contributed by atoms with E-state index in [4.69, 9.17) is 9.57 Å². The van der Waals surface area contributed by atoms with E-state index in [0.29, 0.717) is 35.7 Å². The summed E-state index contributed by atoms with van der Waals surface area (Å²) in [4.78, 5) is 43.1. The number of nitrogens with zero attached hydrogens (tertiary/aromatic N) is 1. The van der Waals surface area contributed by atoms with Crippen molar-refractivity contribution in [2.75, 3.05) is 0 Å². The fourth-order valence-corrected chi connectivity index (χ4v) is 5.49. The molecule has 0 bridgehead atoms. The Morgan fingerprint density at radius 2 is 1.42 bits per heavy atom. The van der Waals surface area contributed by atoms with Crippen LogP contribution in [0.5, 0.6) is 5.75 Å². The molecule has 2 amide bonds. The highest BCUT2D eigenvalue weighted by molar-refractivity contribution is 9.11. The zero-order chi connectivity index (χ0) is 22.1. The van der Waals surface area contributed by atoms with E-state index in [0.717, 1.165) is 5.06 Å². The third-order valence-corrected chi connectivity index (χ3v) is 6.66. The first-order valence-electron chi connectivity index (χ1n) is 8.92. The van der Waals surface area contributed by atoms with Crippen LogP contribution in [0.4, 0.5) is 0 Å². The Hall–Kier alpha value is -2.33. The van der Waals surface area contributed by atoms with Crippen LogP contribution < -0.4 is 4.74 Å². The smallest absolute Gasteiger partial charge is 0.343 e. The lowest BCUT2D eigenvalue weighted by atomic mass is 10.1. The molecule has 0 atom stereocenters. The highest BCUT2D eigenvalue weighted by Gasteiger charge is 2.36. The van der Waals surface area contributed by atoms with Gasteiger partial charge < -0.3 is 4.74 Å². The summed E-state index contributed by atoms with van der Waals surface area (Å²) >= 11 is 10.3. The van der Waals surface area contributed by atoms with E-state index < -0.39 is 17.8 Å². The van der Waals surface area contributed by atoms with Crippen LogP contribution >= 0.6 is 47.8 Å². The van der Waals surface area contributed by atoms with Crippen molar-refractivity contribution < 1.29 is 24.0 Å². The molecule has 1 heterocycles. The summed E-state index contributed by atoms with van der Waals surface area (Å²) < 4.78 is 7.16. The number of hydrogen-bond donors (Lipinski definition) is 0. The van der Waals surface area contributed by atoms with Gasteiger partial charge in [0.05, 0.1) is 25.6 Å². The van der Waals surface area contributed by atoms with Gasteiger partial charge in [-0.2, -0.15) is 0 Å². The maximum Gasteiger partial charge on any atom is 0.343 e. The lowest BCUT2D eigenvalue weighted by Gasteiger charge is -2.17. The van der Waals surface area contributed by atoms with E-state index in [1.807, 2.05) is 0 Å². The van der Waals surface area contributed by atoms with Crippen LogP contribution in [0.25, 0.3) is 0 Å². The number of ether oxygens (including phenoxy) is 1. The number of carbonyl (C=O) groups is 3. The van der Waals surface area contributed by atoms with Gasteiger partial charge in [-0.3, -0.25) is 14.4 Å². The number of hydrogen-bond acceptors (Lipinski definition) is 5. The maximum atomic E-state index is 12.5. The van der Waals surface area contributed by atoms with E-state index in [-0.39, 0.29) is 12.4 Å². The number of fused-ring (bicyclic) bond motifs is 1. The number of amides is 2. The van der Waals surface area contributed by atoms with Crippen molar-refractivity contribution in [3.63, 3.8) is 0 Å². The summed E-state index contributed by atoms with van der Waals surface area (Å²) in [7, 11) is 0. The summed E-state index contributed by atoms with van der Waals surface area (Å²) in [5, 5.41) is 0.737. The lowest BCUT2D eigenvalue weighted by molar-refractivity contribution is -0.101. The monoisotopic (exact) mass is 607 g/mol. The Kier molecular flexibility index (Phi) is 6.38. The molecule has 0 aromatic heterocycles.